The second-order valence-electron chi connectivity index (χ2n) is 5.58. The number of para-hydroxylation sites is 1. The highest BCUT2D eigenvalue weighted by atomic mass is 16.5. The average molecular weight is 365 g/mol. The van der Waals surface area contributed by atoms with Crippen molar-refractivity contribution in [3.63, 3.8) is 0 Å². The summed E-state index contributed by atoms with van der Waals surface area (Å²) in [4.78, 5) is 12.4. The average Bonchev–Trinajstić information content (AvgIpc) is 3.34. The Kier molecular flexibility index (Phi) is 4.21. The molecule has 0 saturated heterocycles. The van der Waals surface area contributed by atoms with Gasteiger partial charge in [0.15, 0.2) is 5.76 Å². The van der Waals surface area contributed by atoms with Crippen LogP contribution in [0.2, 0.25) is 0 Å². The van der Waals surface area contributed by atoms with Crippen molar-refractivity contribution in [1.29, 1.82) is 0 Å². The number of carbonyl (C=O) groups excluding carboxylic acids is 1. The summed E-state index contributed by atoms with van der Waals surface area (Å²) >= 11 is 0. The highest BCUT2D eigenvalue weighted by Gasteiger charge is 2.18. The molecule has 0 aliphatic heterocycles. The Morgan fingerprint density at radius 2 is 1.85 bits per heavy atom. The van der Waals surface area contributed by atoms with Gasteiger partial charge in [0.2, 0.25) is 0 Å². The number of hydrogen-bond donors (Lipinski definition) is 1. The van der Waals surface area contributed by atoms with Gasteiger partial charge in [0.1, 0.15) is 17.1 Å². The van der Waals surface area contributed by atoms with E-state index >= 15 is 0 Å². The summed E-state index contributed by atoms with van der Waals surface area (Å²) in [7, 11) is 3.09. The monoisotopic (exact) mass is 365 g/mol. The Morgan fingerprint density at radius 1 is 1.00 bits per heavy atom. The van der Waals surface area contributed by atoms with Gasteiger partial charge >= 0.3 is 6.01 Å². The third kappa shape index (κ3) is 3.20. The zero-order valence-electron chi connectivity index (χ0n) is 14.6. The number of anilines is 1. The Hall–Kier alpha value is -3.81. The van der Waals surface area contributed by atoms with E-state index in [1.54, 1.807) is 37.4 Å². The molecule has 136 valence electrons. The number of nitrogens with one attached hydrogen (secondary N) is 1. The van der Waals surface area contributed by atoms with Gasteiger partial charge in [-0.1, -0.05) is 23.3 Å². The standard InChI is InChI=1S/C19H15N3O5/c1-24-12-7-8-13(15(10-12)25-2)18-21-22-19(27-18)20-17(23)16-9-11-5-3-4-6-14(11)26-16/h3-10H,1-2H3,(H,20,22,23). The maximum absolute atomic E-state index is 12.4. The molecular formula is C19H15N3O5. The van der Waals surface area contributed by atoms with Crippen molar-refractivity contribution in [1.82, 2.24) is 10.2 Å². The number of benzene rings is 2. The van der Waals surface area contributed by atoms with Crippen molar-refractivity contribution in [3.05, 3.63) is 54.3 Å². The number of ether oxygens (including phenoxy) is 2. The number of carbonyl (C=O) groups is 1. The van der Waals surface area contributed by atoms with E-state index in [1.165, 1.54) is 7.11 Å². The number of hydrogen-bond acceptors (Lipinski definition) is 7. The molecule has 0 aliphatic rings. The van der Waals surface area contributed by atoms with Crippen molar-refractivity contribution in [3.8, 4) is 23.0 Å². The number of fused-ring (bicyclic) bond motifs is 1. The number of furan rings is 1. The number of rotatable bonds is 5. The summed E-state index contributed by atoms with van der Waals surface area (Å²) in [5.74, 6) is 1.01. The lowest BCUT2D eigenvalue weighted by atomic mass is 10.2. The molecule has 4 aromatic rings. The van der Waals surface area contributed by atoms with Gasteiger partial charge in [0.25, 0.3) is 11.8 Å². The molecule has 4 rings (SSSR count). The first-order valence-corrected chi connectivity index (χ1v) is 8.04. The van der Waals surface area contributed by atoms with E-state index in [0.717, 1.165) is 5.39 Å². The molecule has 1 N–H and O–H groups in total. The second-order valence-corrected chi connectivity index (χ2v) is 5.58. The topological polar surface area (TPSA) is 99.6 Å². The van der Waals surface area contributed by atoms with Gasteiger partial charge in [0.05, 0.1) is 19.8 Å². The molecule has 0 unspecified atom stereocenters. The van der Waals surface area contributed by atoms with E-state index in [2.05, 4.69) is 15.5 Å². The quantitative estimate of drug-likeness (QED) is 0.575. The minimum Gasteiger partial charge on any atom is -0.497 e. The molecule has 0 aliphatic carbocycles. The third-order valence-corrected chi connectivity index (χ3v) is 3.93. The predicted molar refractivity (Wildman–Crippen MR) is 97.0 cm³/mol. The number of nitrogens with zero attached hydrogens (tertiary/aromatic N) is 2. The van der Waals surface area contributed by atoms with Crippen molar-refractivity contribution in [2.75, 3.05) is 19.5 Å². The summed E-state index contributed by atoms with van der Waals surface area (Å²) in [5, 5.41) is 11.2. The molecule has 0 radical (unpaired) electrons. The molecule has 0 fully saturated rings. The Bertz CT molecular complexity index is 1080. The van der Waals surface area contributed by atoms with Crippen LogP contribution in [0.25, 0.3) is 22.4 Å². The zero-order chi connectivity index (χ0) is 18.8. The number of methoxy groups -OCH3 is 2. The van der Waals surface area contributed by atoms with Gasteiger partial charge in [-0.05, 0) is 24.3 Å². The first kappa shape index (κ1) is 16.6. The highest BCUT2D eigenvalue weighted by molar-refractivity contribution is 6.03. The minimum absolute atomic E-state index is 0.0478. The van der Waals surface area contributed by atoms with Crippen LogP contribution >= 0.6 is 0 Å². The summed E-state index contributed by atoms with van der Waals surface area (Å²) in [6.07, 6.45) is 0. The predicted octanol–water partition coefficient (Wildman–Crippen LogP) is 3.75. The fraction of sp³-hybridized carbons (Fsp3) is 0.105. The molecule has 2 heterocycles. The zero-order valence-corrected chi connectivity index (χ0v) is 14.6. The van der Waals surface area contributed by atoms with Gasteiger partial charge in [-0.3, -0.25) is 10.1 Å². The lowest BCUT2D eigenvalue weighted by Crippen LogP contribution is -2.10. The van der Waals surface area contributed by atoms with Crippen molar-refractivity contribution < 1.29 is 23.1 Å². The number of aromatic nitrogens is 2. The molecule has 8 heteroatoms. The van der Waals surface area contributed by atoms with E-state index in [4.69, 9.17) is 18.3 Å². The molecule has 0 saturated carbocycles. The lowest BCUT2D eigenvalue weighted by molar-refractivity contribution is 0.0996. The summed E-state index contributed by atoms with van der Waals surface area (Å²) in [6, 6.07) is 14.1. The first-order chi connectivity index (χ1) is 13.2. The maximum atomic E-state index is 12.4. The molecule has 1 amide bonds. The largest absolute Gasteiger partial charge is 0.497 e. The minimum atomic E-state index is -0.483. The van der Waals surface area contributed by atoms with E-state index in [1.807, 2.05) is 18.2 Å². The van der Waals surface area contributed by atoms with Crippen molar-refractivity contribution in [2.45, 2.75) is 0 Å². The maximum Gasteiger partial charge on any atom is 0.322 e. The molecule has 0 spiro atoms. The number of amides is 1. The molecule has 2 aromatic heterocycles. The Labute approximate surface area is 153 Å². The second kappa shape index (κ2) is 6.83. The van der Waals surface area contributed by atoms with Gasteiger partial charge in [-0.2, -0.15) is 0 Å². The molecule has 2 aromatic carbocycles. The van der Waals surface area contributed by atoms with Crippen LogP contribution in [0.5, 0.6) is 11.5 Å². The van der Waals surface area contributed by atoms with Crippen LogP contribution in [0.4, 0.5) is 6.01 Å². The van der Waals surface area contributed by atoms with E-state index in [0.29, 0.717) is 22.6 Å². The van der Waals surface area contributed by atoms with Crippen LogP contribution < -0.4 is 14.8 Å². The van der Waals surface area contributed by atoms with E-state index in [9.17, 15) is 4.79 Å². The Morgan fingerprint density at radius 3 is 2.63 bits per heavy atom. The van der Waals surface area contributed by atoms with Crippen molar-refractivity contribution >= 4 is 22.9 Å². The molecule has 8 nitrogen and oxygen atoms in total. The summed E-state index contributed by atoms with van der Waals surface area (Å²) in [5.41, 5.74) is 1.20. The van der Waals surface area contributed by atoms with Crippen LogP contribution in [0, 0.1) is 0 Å². The van der Waals surface area contributed by atoms with Gasteiger partial charge in [-0.25, -0.2) is 0 Å². The smallest absolute Gasteiger partial charge is 0.322 e. The van der Waals surface area contributed by atoms with Crippen LogP contribution in [0.1, 0.15) is 10.6 Å². The lowest BCUT2D eigenvalue weighted by Gasteiger charge is -2.07. The highest BCUT2D eigenvalue weighted by Crippen LogP contribution is 2.33. The Balaban J connectivity index is 1.57. The first-order valence-electron chi connectivity index (χ1n) is 8.04. The fourth-order valence-electron chi connectivity index (χ4n) is 2.61. The van der Waals surface area contributed by atoms with Gasteiger partial charge < -0.3 is 18.3 Å². The molecule has 0 atom stereocenters. The van der Waals surface area contributed by atoms with Crippen molar-refractivity contribution in [2.24, 2.45) is 0 Å². The van der Waals surface area contributed by atoms with Crippen LogP contribution in [0.15, 0.2) is 57.4 Å². The summed E-state index contributed by atoms with van der Waals surface area (Å²) < 4.78 is 21.5. The van der Waals surface area contributed by atoms with Gasteiger partial charge in [0, 0.05) is 11.5 Å². The van der Waals surface area contributed by atoms with E-state index < -0.39 is 5.91 Å². The molecule has 0 bridgehead atoms. The van der Waals surface area contributed by atoms with Gasteiger partial charge in [-0.15, -0.1) is 5.10 Å². The van der Waals surface area contributed by atoms with Crippen LogP contribution in [-0.4, -0.2) is 30.3 Å². The van der Waals surface area contributed by atoms with Crippen LogP contribution in [-0.2, 0) is 0 Å². The molecule has 27 heavy (non-hydrogen) atoms. The summed E-state index contributed by atoms with van der Waals surface area (Å²) in [6.45, 7) is 0. The normalized spacial score (nSPS) is 10.7. The van der Waals surface area contributed by atoms with Crippen LogP contribution in [0.3, 0.4) is 0 Å². The fourth-order valence-corrected chi connectivity index (χ4v) is 2.61. The third-order valence-electron chi connectivity index (χ3n) is 3.93. The SMILES string of the molecule is COc1ccc(-c2nnc(NC(=O)c3cc4ccccc4o3)o2)c(OC)c1. The van der Waals surface area contributed by atoms with E-state index in [-0.39, 0.29) is 17.7 Å². The molecular weight excluding hydrogens is 350 g/mol.